The summed E-state index contributed by atoms with van der Waals surface area (Å²) in [6, 6.07) is 7.77. The fourth-order valence-electron chi connectivity index (χ4n) is 4.38. The van der Waals surface area contributed by atoms with Gasteiger partial charge in [0.15, 0.2) is 6.10 Å². The van der Waals surface area contributed by atoms with E-state index in [4.69, 9.17) is 9.72 Å². The summed E-state index contributed by atoms with van der Waals surface area (Å²) in [6.45, 7) is 8.70. The Kier molecular flexibility index (Phi) is 7.82. The maximum absolute atomic E-state index is 13.1. The van der Waals surface area contributed by atoms with Gasteiger partial charge in [0.2, 0.25) is 5.91 Å². The summed E-state index contributed by atoms with van der Waals surface area (Å²) in [7, 11) is 0. The largest absolute Gasteiger partial charge is 0.452 e. The standard InChI is InChI=1S/C28H35N5O5/c1-16-21-11-10-20-9-8-19(15-23(20)31-21)12-13-28(4,5)27(37)38-18(3)24(34)30-17(2)26(36)33-14-6-7-22(32-33)25(35)29-16/h8-13,15-18,22,32H,6-7,14H2,1-5H3,(H,29,35)(H,30,34)/b13-12-/t16-,17+,18+,22+/m1/s1. The van der Waals surface area contributed by atoms with Crippen LogP contribution in [0.25, 0.3) is 17.0 Å². The molecule has 0 radical (unpaired) electrons. The van der Waals surface area contributed by atoms with E-state index in [1.165, 1.54) is 11.9 Å². The molecule has 0 aliphatic carbocycles. The molecule has 3 heterocycles. The highest BCUT2D eigenvalue weighted by Crippen LogP contribution is 2.24. The van der Waals surface area contributed by atoms with Crippen LogP contribution >= 0.6 is 0 Å². The van der Waals surface area contributed by atoms with Crippen LogP contribution in [0.1, 0.15) is 64.8 Å². The Morgan fingerprint density at radius 3 is 2.45 bits per heavy atom. The molecular weight excluding hydrogens is 486 g/mol. The zero-order valence-electron chi connectivity index (χ0n) is 22.4. The number of carbonyl (C=O) groups is 4. The van der Waals surface area contributed by atoms with Crippen LogP contribution in [0.4, 0.5) is 0 Å². The number of fused-ring (bicyclic) bond motifs is 4. The minimum absolute atomic E-state index is 0.237. The number of aromatic nitrogens is 1. The number of nitrogens with one attached hydrogen (secondary N) is 3. The number of ether oxygens (including phenoxy) is 1. The molecule has 2 aromatic rings. The number of hydrogen-bond acceptors (Lipinski definition) is 7. The average Bonchev–Trinajstić information content (AvgIpc) is 2.90. The van der Waals surface area contributed by atoms with Gasteiger partial charge in [-0.05, 0) is 65.2 Å². The normalized spacial score (nSPS) is 27.9. The number of amides is 3. The molecule has 4 atom stereocenters. The fraction of sp³-hybridized carbons (Fsp3) is 0.464. The average molecular weight is 522 g/mol. The van der Waals surface area contributed by atoms with Gasteiger partial charge in [0, 0.05) is 11.9 Å². The van der Waals surface area contributed by atoms with Gasteiger partial charge in [0.1, 0.15) is 12.1 Å². The second-order valence-electron chi connectivity index (χ2n) is 10.6. The summed E-state index contributed by atoms with van der Waals surface area (Å²) in [4.78, 5) is 56.4. The molecule has 1 aromatic carbocycles. The molecule has 1 fully saturated rings. The number of pyridine rings is 1. The van der Waals surface area contributed by atoms with E-state index in [9.17, 15) is 19.2 Å². The topological polar surface area (TPSA) is 130 Å². The van der Waals surface area contributed by atoms with Crippen molar-refractivity contribution in [1.82, 2.24) is 26.1 Å². The molecule has 5 bridgehead atoms. The first-order chi connectivity index (χ1) is 17.9. The summed E-state index contributed by atoms with van der Waals surface area (Å²) in [5.41, 5.74) is 4.29. The summed E-state index contributed by atoms with van der Waals surface area (Å²) in [5, 5.41) is 7.92. The summed E-state index contributed by atoms with van der Waals surface area (Å²) < 4.78 is 5.44. The number of carbonyl (C=O) groups excluding carboxylic acids is 4. The first kappa shape index (κ1) is 27.3. The third-order valence-corrected chi connectivity index (χ3v) is 6.91. The Hall–Kier alpha value is -3.79. The smallest absolute Gasteiger partial charge is 0.316 e. The quantitative estimate of drug-likeness (QED) is 0.454. The van der Waals surface area contributed by atoms with Gasteiger partial charge in [0.25, 0.3) is 11.8 Å². The van der Waals surface area contributed by atoms with Gasteiger partial charge in [-0.2, -0.15) is 0 Å². The molecule has 0 spiro atoms. The number of nitrogens with zero attached hydrogens (tertiary/aromatic N) is 2. The zero-order valence-corrected chi connectivity index (χ0v) is 22.4. The predicted molar refractivity (Wildman–Crippen MR) is 142 cm³/mol. The van der Waals surface area contributed by atoms with Crippen LogP contribution in [0, 0.1) is 5.41 Å². The molecule has 2 aliphatic heterocycles. The van der Waals surface area contributed by atoms with Gasteiger partial charge in [-0.25, -0.2) is 5.43 Å². The van der Waals surface area contributed by atoms with Crippen LogP contribution in [0.5, 0.6) is 0 Å². The van der Waals surface area contributed by atoms with E-state index >= 15 is 0 Å². The van der Waals surface area contributed by atoms with Gasteiger partial charge >= 0.3 is 5.97 Å². The number of rotatable bonds is 0. The zero-order chi connectivity index (χ0) is 27.6. The predicted octanol–water partition coefficient (Wildman–Crippen LogP) is 2.40. The van der Waals surface area contributed by atoms with Crippen molar-refractivity contribution in [2.24, 2.45) is 5.41 Å². The van der Waals surface area contributed by atoms with E-state index in [0.717, 1.165) is 16.5 Å². The second kappa shape index (κ2) is 10.9. The molecule has 202 valence electrons. The SMILES string of the molecule is C[C@@H]1NC(=O)[C@H](C)OC(=O)C(C)(C)/C=C\c2ccc3ccc(nc3c2)[C@@H](C)NC(=O)[C@@H]2CCCN(N2)C1=O. The highest BCUT2D eigenvalue weighted by atomic mass is 16.5. The monoisotopic (exact) mass is 521 g/mol. The van der Waals surface area contributed by atoms with Crippen molar-refractivity contribution in [3.63, 3.8) is 0 Å². The van der Waals surface area contributed by atoms with Crippen molar-refractivity contribution >= 4 is 40.7 Å². The van der Waals surface area contributed by atoms with Crippen LogP contribution < -0.4 is 16.1 Å². The Bertz CT molecular complexity index is 1290. The molecule has 3 amide bonds. The first-order valence-corrected chi connectivity index (χ1v) is 12.9. The van der Waals surface area contributed by atoms with Crippen LogP contribution in [-0.4, -0.2) is 58.4 Å². The highest BCUT2D eigenvalue weighted by Gasteiger charge is 2.33. The van der Waals surface area contributed by atoms with Crippen molar-refractivity contribution in [3.05, 3.63) is 47.7 Å². The lowest BCUT2D eigenvalue weighted by atomic mass is 9.92. The van der Waals surface area contributed by atoms with E-state index in [-0.39, 0.29) is 17.9 Å². The van der Waals surface area contributed by atoms with Gasteiger partial charge in [-0.15, -0.1) is 0 Å². The number of hydrogen-bond donors (Lipinski definition) is 3. The van der Waals surface area contributed by atoms with Crippen molar-refractivity contribution in [3.8, 4) is 0 Å². The Balaban J connectivity index is 1.68. The molecule has 1 saturated heterocycles. The lowest BCUT2D eigenvalue weighted by molar-refractivity contribution is -0.161. The Morgan fingerprint density at radius 1 is 0.974 bits per heavy atom. The molecule has 1 aromatic heterocycles. The molecule has 10 heteroatoms. The highest BCUT2D eigenvalue weighted by molar-refractivity contribution is 5.91. The summed E-state index contributed by atoms with van der Waals surface area (Å²) >= 11 is 0. The first-order valence-electron chi connectivity index (χ1n) is 12.9. The second-order valence-corrected chi connectivity index (χ2v) is 10.6. The minimum atomic E-state index is -1.10. The number of esters is 1. The van der Waals surface area contributed by atoms with Crippen LogP contribution in [0.15, 0.2) is 36.4 Å². The van der Waals surface area contributed by atoms with Crippen LogP contribution in [0.3, 0.4) is 0 Å². The number of hydrazine groups is 1. The summed E-state index contributed by atoms with van der Waals surface area (Å²) in [5.74, 6) is -1.77. The number of cyclic esters (lactones) is 1. The van der Waals surface area contributed by atoms with Gasteiger partial charge < -0.3 is 15.4 Å². The fourth-order valence-corrected chi connectivity index (χ4v) is 4.38. The van der Waals surface area contributed by atoms with Crippen LogP contribution in [-0.2, 0) is 23.9 Å². The molecule has 38 heavy (non-hydrogen) atoms. The molecule has 3 N–H and O–H groups in total. The maximum Gasteiger partial charge on any atom is 0.316 e. The van der Waals surface area contributed by atoms with Crippen molar-refractivity contribution in [2.45, 2.75) is 71.7 Å². The minimum Gasteiger partial charge on any atom is -0.452 e. The van der Waals surface area contributed by atoms with E-state index in [0.29, 0.717) is 25.1 Å². The molecule has 0 unspecified atom stereocenters. The van der Waals surface area contributed by atoms with Crippen LogP contribution in [0.2, 0.25) is 0 Å². The molecule has 0 saturated carbocycles. The molecular formula is C28H35N5O5. The Morgan fingerprint density at radius 2 is 1.68 bits per heavy atom. The van der Waals surface area contributed by atoms with Crippen molar-refractivity contribution in [1.29, 1.82) is 0 Å². The van der Waals surface area contributed by atoms with E-state index in [1.807, 2.05) is 43.3 Å². The summed E-state index contributed by atoms with van der Waals surface area (Å²) in [6.07, 6.45) is 3.62. The lowest BCUT2D eigenvalue weighted by Gasteiger charge is -2.35. The Labute approximate surface area is 222 Å². The van der Waals surface area contributed by atoms with E-state index in [2.05, 4.69) is 16.1 Å². The van der Waals surface area contributed by atoms with Gasteiger partial charge in [0.05, 0.1) is 22.7 Å². The third kappa shape index (κ3) is 6.02. The molecule has 10 nitrogen and oxygen atoms in total. The van der Waals surface area contributed by atoms with Gasteiger partial charge in [-0.1, -0.05) is 30.4 Å². The van der Waals surface area contributed by atoms with E-state index in [1.54, 1.807) is 26.8 Å². The van der Waals surface area contributed by atoms with Crippen molar-refractivity contribution < 1.29 is 23.9 Å². The van der Waals surface area contributed by atoms with E-state index < -0.39 is 35.5 Å². The molecule has 4 rings (SSSR count). The number of benzene rings is 1. The molecule has 2 aliphatic rings. The van der Waals surface area contributed by atoms with Crippen molar-refractivity contribution in [2.75, 3.05) is 6.54 Å². The third-order valence-electron chi connectivity index (χ3n) is 6.91. The maximum atomic E-state index is 13.1. The lowest BCUT2D eigenvalue weighted by Crippen LogP contribution is -2.61. The van der Waals surface area contributed by atoms with Gasteiger partial charge in [-0.3, -0.25) is 29.2 Å².